The van der Waals surface area contributed by atoms with Gasteiger partial charge in [-0.15, -0.1) is 11.3 Å². The summed E-state index contributed by atoms with van der Waals surface area (Å²) in [6.07, 6.45) is 2.32. The average Bonchev–Trinajstić information content (AvgIpc) is 3.25. The molecule has 1 saturated heterocycles. The Labute approximate surface area is 144 Å². The van der Waals surface area contributed by atoms with Crippen molar-refractivity contribution in [3.63, 3.8) is 0 Å². The van der Waals surface area contributed by atoms with E-state index < -0.39 is 9.84 Å². The van der Waals surface area contributed by atoms with Gasteiger partial charge in [-0.1, -0.05) is 12.1 Å². The molecular weight excluding hydrogens is 344 g/mol. The van der Waals surface area contributed by atoms with Crippen LogP contribution < -0.4 is 0 Å². The highest BCUT2D eigenvalue weighted by Crippen LogP contribution is 2.26. The summed E-state index contributed by atoms with van der Waals surface area (Å²) in [7, 11) is -2.93. The molecule has 1 aromatic carbocycles. The molecule has 3 heterocycles. The summed E-state index contributed by atoms with van der Waals surface area (Å²) in [4.78, 5) is 6.87. The Hall–Kier alpha value is -1.70. The van der Waals surface area contributed by atoms with Crippen molar-refractivity contribution in [3.05, 3.63) is 53.4 Å². The minimum atomic E-state index is -2.93. The first-order chi connectivity index (χ1) is 11.6. The van der Waals surface area contributed by atoms with Crippen LogP contribution in [0.25, 0.3) is 10.2 Å². The maximum atomic E-state index is 11.9. The molecule has 1 atom stereocenters. The number of fused-ring (bicyclic) bond motifs is 1. The van der Waals surface area contributed by atoms with Gasteiger partial charge < -0.3 is 4.42 Å². The Kier molecular flexibility index (Phi) is 4.15. The lowest BCUT2D eigenvalue weighted by atomic mass is 10.2. The van der Waals surface area contributed by atoms with Gasteiger partial charge in [-0.2, -0.15) is 0 Å². The molecule has 1 aliphatic rings. The van der Waals surface area contributed by atoms with Gasteiger partial charge in [0.15, 0.2) is 9.84 Å². The van der Waals surface area contributed by atoms with Crippen LogP contribution in [0.15, 0.2) is 47.1 Å². The van der Waals surface area contributed by atoms with E-state index in [0.29, 0.717) is 19.5 Å². The molecule has 5 nitrogen and oxygen atoms in total. The number of hydrogen-bond donors (Lipinski definition) is 0. The number of aromatic nitrogens is 1. The molecule has 0 N–H and O–H groups in total. The highest BCUT2D eigenvalue weighted by atomic mass is 32.2. The average molecular weight is 362 g/mol. The number of furan rings is 1. The van der Waals surface area contributed by atoms with E-state index in [-0.39, 0.29) is 17.5 Å². The van der Waals surface area contributed by atoms with E-state index in [1.807, 2.05) is 30.3 Å². The molecule has 0 radical (unpaired) electrons. The maximum absolute atomic E-state index is 11.9. The minimum Gasteiger partial charge on any atom is -0.468 e. The molecule has 7 heteroatoms. The Balaban J connectivity index is 1.59. The molecule has 1 aliphatic heterocycles. The number of para-hydroxylation sites is 1. The van der Waals surface area contributed by atoms with Crippen molar-refractivity contribution in [2.75, 3.05) is 11.5 Å². The van der Waals surface area contributed by atoms with Gasteiger partial charge >= 0.3 is 0 Å². The zero-order chi connectivity index (χ0) is 16.6. The number of hydrogen-bond acceptors (Lipinski definition) is 6. The monoisotopic (exact) mass is 362 g/mol. The summed E-state index contributed by atoms with van der Waals surface area (Å²) in [5, 5.41) is 1.01. The van der Waals surface area contributed by atoms with Gasteiger partial charge in [0.05, 0.1) is 41.1 Å². The van der Waals surface area contributed by atoms with Gasteiger partial charge in [0.2, 0.25) is 0 Å². The number of rotatable bonds is 5. The summed E-state index contributed by atoms with van der Waals surface area (Å²) >= 11 is 1.66. The van der Waals surface area contributed by atoms with E-state index in [0.717, 1.165) is 21.0 Å². The van der Waals surface area contributed by atoms with Crippen LogP contribution in [0.2, 0.25) is 0 Å². The second-order valence-electron chi connectivity index (χ2n) is 6.12. The minimum absolute atomic E-state index is 0.0205. The van der Waals surface area contributed by atoms with Crippen LogP contribution in [-0.4, -0.2) is 35.8 Å². The largest absolute Gasteiger partial charge is 0.468 e. The Morgan fingerprint density at radius 2 is 2.08 bits per heavy atom. The first kappa shape index (κ1) is 15.8. The lowest BCUT2D eigenvalue weighted by molar-refractivity contribution is 0.179. The highest BCUT2D eigenvalue weighted by Gasteiger charge is 2.33. The van der Waals surface area contributed by atoms with Gasteiger partial charge in [0.25, 0.3) is 0 Å². The highest BCUT2D eigenvalue weighted by molar-refractivity contribution is 7.91. The molecule has 0 spiro atoms. The van der Waals surface area contributed by atoms with Gasteiger partial charge in [-0.05, 0) is 30.7 Å². The Bertz CT molecular complexity index is 899. The summed E-state index contributed by atoms with van der Waals surface area (Å²) in [6, 6.07) is 11.9. The first-order valence-corrected chi connectivity index (χ1v) is 10.5. The fourth-order valence-electron chi connectivity index (χ4n) is 3.14. The molecular formula is C17H18N2O3S2. The maximum Gasteiger partial charge on any atom is 0.151 e. The van der Waals surface area contributed by atoms with E-state index in [2.05, 4.69) is 16.0 Å². The molecule has 4 rings (SSSR count). The van der Waals surface area contributed by atoms with Crippen LogP contribution >= 0.6 is 11.3 Å². The van der Waals surface area contributed by atoms with Crippen molar-refractivity contribution < 1.29 is 12.8 Å². The fourth-order valence-corrected chi connectivity index (χ4v) is 5.90. The summed E-state index contributed by atoms with van der Waals surface area (Å²) in [5.74, 6) is 1.34. The van der Waals surface area contributed by atoms with Crippen LogP contribution in [0.4, 0.5) is 0 Å². The molecule has 0 saturated carbocycles. The van der Waals surface area contributed by atoms with Crippen molar-refractivity contribution in [1.29, 1.82) is 0 Å². The summed E-state index contributed by atoms with van der Waals surface area (Å²) in [6.45, 7) is 1.24. The summed E-state index contributed by atoms with van der Waals surface area (Å²) < 4.78 is 30.4. The van der Waals surface area contributed by atoms with Crippen molar-refractivity contribution in [2.45, 2.75) is 25.6 Å². The smallest absolute Gasteiger partial charge is 0.151 e. The van der Waals surface area contributed by atoms with Gasteiger partial charge in [0, 0.05) is 6.04 Å². The van der Waals surface area contributed by atoms with Gasteiger partial charge in [-0.3, -0.25) is 4.90 Å². The van der Waals surface area contributed by atoms with Crippen LogP contribution in [0.3, 0.4) is 0 Å². The normalized spacial score (nSPS) is 20.1. The molecule has 1 fully saturated rings. The van der Waals surface area contributed by atoms with E-state index in [9.17, 15) is 8.42 Å². The number of thiazole rings is 1. The third-order valence-corrected chi connectivity index (χ3v) is 7.11. The number of sulfone groups is 1. The van der Waals surface area contributed by atoms with E-state index in [1.165, 1.54) is 0 Å². The van der Waals surface area contributed by atoms with Gasteiger partial charge in [-0.25, -0.2) is 13.4 Å². The number of benzene rings is 1. The van der Waals surface area contributed by atoms with Crippen molar-refractivity contribution in [2.24, 2.45) is 0 Å². The van der Waals surface area contributed by atoms with Crippen molar-refractivity contribution in [3.8, 4) is 0 Å². The van der Waals surface area contributed by atoms with E-state index in [4.69, 9.17) is 4.42 Å². The third kappa shape index (κ3) is 3.38. The molecule has 2 aromatic heterocycles. The van der Waals surface area contributed by atoms with Gasteiger partial charge in [0.1, 0.15) is 10.8 Å². The third-order valence-electron chi connectivity index (χ3n) is 4.34. The first-order valence-electron chi connectivity index (χ1n) is 7.90. The number of nitrogens with zero attached hydrogens (tertiary/aromatic N) is 2. The topological polar surface area (TPSA) is 63.4 Å². The van der Waals surface area contributed by atoms with Crippen molar-refractivity contribution in [1.82, 2.24) is 9.88 Å². The Morgan fingerprint density at radius 1 is 1.21 bits per heavy atom. The fraction of sp³-hybridized carbons (Fsp3) is 0.353. The molecule has 0 aliphatic carbocycles. The quantitative estimate of drug-likeness (QED) is 0.698. The lowest BCUT2D eigenvalue weighted by Gasteiger charge is -2.26. The van der Waals surface area contributed by atoms with E-state index >= 15 is 0 Å². The van der Waals surface area contributed by atoms with Crippen LogP contribution in [0.1, 0.15) is 17.2 Å². The van der Waals surface area contributed by atoms with Crippen LogP contribution in [0.5, 0.6) is 0 Å². The standard InChI is InChI=1S/C17H18N2O3S2/c20-24(21)9-7-13(12-24)19(10-14-4-3-8-22-14)11-17-18-15-5-1-2-6-16(15)23-17/h1-6,8,13H,7,9-12H2. The second-order valence-corrected chi connectivity index (χ2v) is 9.46. The predicted octanol–water partition coefficient (Wildman–Crippen LogP) is 3.08. The van der Waals surface area contributed by atoms with E-state index in [1.54, 1.807) is 17.6 Å². The van der Waals surface area contributed by atoms with Crippen molar-refractivity contribution >= 4 is 31.4 Å². The Morgan fingerprint density at radius 3 is 2.79 bits per heavy atom. The molecule has 1 unspecified atom stereocenters. The molecule has 0 amide bonds. The van der Waals surface area contributed by atoms with Crippen LogP contribution in [0, 0.1) is 0 Å². The zero-order valence-electron chi connectivity index (χ0n) is 13.1. The lowest BCUT2D eigenvalue weighted by Crippen LogP contribution is -2.35. The predicted molar refractivity (Wildman–Crippen MR) is 94.6 cm³/mol. The van der Waals surface area contributed by atoms with Crippen LogP contribution in [-0.2, 0) is 22.9 Å². The molecule has 24 heavy (non-hydrogen) atoms. The SMILES string of the molecule is O=S1(=O)CCC(N(Cc2ccco2)Cc2nc3ccccc3s2)C1. The summed E-state index contributed by atoms with van der Waals surface area (Å²) in [5.41, 5.74) is 0.995. The second kappa shape index (κ2) is 6.31. The zero-order valence-corrected chi connectivity index (χ0v) is 14.7. The molecule has 126 valence electrons. The molecule has 3 aromatic rings. The molecule has 0 bridgehead atoms.